The van der Waals surface area contributed by atoms with Crippen LogP contribution in [0.15, 0.2) is 28.4 Å². The van der Waals surface area contributed by atoms with Crippen LogP contribution in [0.2, 0.25) is 0 Å². The van der Waals surface area contributed by atoms with E-state index < -0.39 is 0 Å². The summed E-state index contributed by atoms with van der Waals surface area (Å²) in [4.78, 5) is 8.49. The third-order valence-electron chi connectivity index (χ3n) is 3.88. The first-order valence-corrected chi connectivity index (χ1v) is 9.06. The lowest BCUT2D eigenvalue weighted by Gasteiger charge is -2.23. The summed E-state index contributed by atoms with van der Waals surface area (Å²) in [7, 11) is 2.00. The van der Waals surface area contributed by atoms with E-state index in [1.54, 1.807) is 22.7 Å². The average Bonchev–Trinajstić information content (AvgIpc) is 2.88. The van der Waals surface area contributed by atoms with Crippen LogP contribution in [-0.4, -0.2) is 22.5 Å². The summed E-state index contributed by atoms with van der Waals surface area (Å²) in [5.41, 5.74) is 2.66. The van der Waals surface area contributed by atoms with E-state index in [-0.39, 0.29) is 0 Å². The molecule has 0 atom stereocenters. The molecule has 1 N–H and O–H groups in total. The Morgan fingerprint density at radius 2 is 2.33 bits per heavy atom. The zero-order valence-corrected chi connectivity index (χ0v) is 13.6. The molecular weight excluding hydrogens is 300 g/mol. The smallest absolute Gasteiger partial charge is 0.195 e. The largest absolute Gasteiger partial charge is 0.348 e. The molecule has 0 bridgehead atoms. The number of thiazole rings is 1. The van der Waals surface area contributed by atoms with E-state index in [2.05, 4.69) is 43.0 Å². The standard InChI is InChI=1S/C15H18N4S2/c1-16-8-13-14(17-15-18(13)5-7-21-15)19(12-2-3-12)9-11-4-6-20-10-11/h4-7,10,12,16H,2-3,8-9H2,1H3. The first-order valence-electron chi connectivity index (χ1n) is 7.23. The van der Waals surface area contributed by atoms with Gasteiger partial charge in [0.25, 0.3) is 0 Å². The van der Waals surface area contributed by atoms with Crippen LogP contribution in [0.1, 0.15) is 24.1 Å². The van der Waals surface area contributed by atoms with Crippen LogP contribution in [0.5, 0.6) is 0 Å². The maximum atomic E-state index is 4.90. The molecular formula is C15H18N4S2. The van der Waals surface area contributed by atoms with Gasteiger partial charge in [-0.2, -0.15) is 11.3 Å². The Kier molecular flexibility index (Phi) is 3.45. The van der Waals surface area contributed by atoms with Gasteiger partial charge in [0.1, 0.15) is 0 Å². The summed E-state index contributed by atoms with van der Waals surface area (Å²) >= 11 is 3.47. The van der Waals surface area contributed by atoms with E-state index >= 15 is 0 Å². The number of aromatic nitrogens is 2. The highest BCUT2D eigenvalue weighted by Crippen LogP contribution is 2.35. The number of hydrogen-bond acceptors (Lipinski definition) is 5. The van der Waals surface area contributed by atoms with Crippen LogP contribution in [-0.2, 0) is 13.1 Å². The van der Waals surface area contributed by atoms with Crippen molar-refractivity contribution in [3.8, 4) is 0 Å². The first-order chi connectivity index (χ1) is 10.4. The molecule has 3 aromatic heterocycles. The summed E-state index contributed by atoms with van der Waals surface area (Å²) in [6.07, 6.45) is 4.70. The molecule has 110 valence electrons. The summed E-state index contributed by atoms with van der Waals surface area (Å²) < 4.78 is 2.22. The molecule has 1 fully saturated rings. The fourth-order valence-electron chi connectivity index (χ4n) is 2.73. The van der Waals surface area contributed by atoms with Gasteiger partial charge in [0.2, 0.25) is 0 Å². The van der Waals surface area contributed by atoms with Crippen molar-refractivity contribution < 1.29 is 0 Å². The number of thiophene rings is 1. The molecule has 0 spiro atoms. The average molecular weight is 318 g/mol. The van der Waals surface area contributed by atoms with Crippen molar-refractivity contribution in [2.24, 2.45) is 0 Å². The highest BCUT2D eigenvalue weighted by Gasteiger charge is 2.32. The van der Waals surface area contributed by atoms with Crippen LogP contribution >= 0.6 is 22.7 Å². The molecule has 6 heteroatoms. The third-order valence-corrected chi connectivity index (χ3v) is 5.37. The van der Waals surface area contributed by atoms with Gasteiger partial charge in [0, 0.05) is 30.7 Å². The molecule has 3 aromatic rings. The first kappa shape index (κ1) is 13.3. The van der Waals surface area contributed by atoms with Crippen molar-refractivity contribution in [2.45, 2.75) is 32.0 Å². The summed E-state index contributed by atoms with van der Waals surface area (Å²) in [5.74, 6) is 1.16. The number of hydrogen-bond donors (Lipinski definition) is 1. The number of fused-ring (bicyclic) bond motifs is 1. The molecule has 0 aromatic carbocycles. The van der Waals surface area contributed by atoms with Crippen molar-refractivity contribution in [1.29, 1.82) is 0 Å². The molecule has 4 rings (SSSR count). The Bertz CT molecular complexity index is 724. The highest BCUT2D eigenvalue weighted by molar-refractivity contribution is 7.15. The van der Waals surface area contributed by atoms with Crippen molar-refractivity contribution in [3.63, 3.8) is 0 Å². The SMILES string of the molecule is CNCc1c(N(Cc2ccsc2)C2CC2)nc2sccn12. The molecule has 0 saturated heterocycles. The van der Waals surface area contributed by atoms with Crippen molar-refractivity contribution in [1.82, 2.24) is 14.7 Å². The van der Waals surface area contributed by atoms with Crippen molar-refractivity contribution >= 4 is 33.5 Å². The van der Waals surface area contributed by atoms with E-state index in [1.807, 2.05) is 7.05 Å². The van der Waals surface area contributed by atoms with Gasteiger partial charge in [-0.1, -0.05) is 0 Å². The highest BCUT2D eigenvalue weighted by atomic mass is 32.1. The molecule has 1 aliphatic carbocycles. The predicted molar refractivity (Wildman–Crippen MR) is 89.4 cm³/mol. The molecule has 1 aliphatic rings. The van der Waals surface area contributed by atoms with E-state index in [9.17, 15) is 0 Å². The second kappa shape index (κ2) is 5.44. The molecule has 0 aliphatic heterocycles. The zero-order chi connectivity index (χ0) is 14.2. The van der Waals surface area contributed by atoms with Gasteiger partial charge in [0.15, 0.2) is 10.8 Å². The lowest BCUT2D eigenvalue weighted by atomic mass is 10.3. The van der Waals surface area contributed by atoms with Gasteiger partial charge >= 0.3 is 0 Å². The normalized spacial score (nSPS) is 14.9. The molecule has 21 heavy (non-hydrogen) atoms. The molecule has 0 unspecified atom stereocenters. The van der Waals surface area contributed by atoms with Gasteiger partial charge in [-0.3, -0.25) is 4.40 Å². The quantitative estimate of drug-likeness (QED) is 0.756. The van der Waals surface area contributed by atoms with E-state index in [1.165, 1.54) is 24.1 Å². The molecule has 0 radical (unpaired) electrons. The molecule has 4 nitrogen and oxygen atoms in total. The van der Waals surface area contributed by atoms with Crippen LogP contribution < -0.4 is 10.2 Å². The van der Waals surface area contributed by atoms with Gasteiger partial charge in [0.05, 0.1) is 5.69 Å². The zero-order valence-electron chi connectivity index (χ0n) is 12.0. The Hall–Kier alpha value is -1.37. The van der Waals surface area contributed by atoms with Gasteiger partial charge in [-0.15, -0.1) is 11.3 Å². The fraction of sp³-hybridized carbons (Fsp3) is 0.400. The Morgan fingerprint density at radius 3 is 3.05 bits per heavy atom. The lowest BCUT2D eigenvalue weighted by Crippen LogP contribution is -2.27. The number of anilines is 1. The third kappa shape index (κ3) is 2.47. The van der Waals surface area contributed by atoms with Gasteiger partial charge < -0.3 is 10.2 Å². The summed E-state index contributed by atoms with van der Waals surface area (Å²) in [5, 5.41) is 9.78. The van der Waals surface area contributed by atoms with Crippen LogP contribution in [0.4, 0.5) is 5.82 Å². The number of rotatable bonds is 6. The van der Waals surface area contributed by atoms with Crippen molar-refractivity contribution in [3.05, 3.63) is 39.7 Å². The van der Waals surface area contributed by atoms with Crippen LogP contribution in [0.25, 0.3) is 4.96 Å². The van der Waals surface area contributed by atoms with Crippen LogP contribution in [0.3, 0.4) is 0 Å². The van der Waals surface area contributed by atoms with Crippen molar-refractivity contribution in [2.75, 3.05) is 11.9 Å². The summed E-state index contributed by atoms with van der Waals surface area (Å²) in [6, 6.07) is 2.88. The predicted octanol–water partition coefficient (Wildman–Crippen LogP) is 3.35. The number of nitrogens with one attached hydrogen (secondary N) is 1. The Balaban J connectivity index is 1.74. The van der Waals surface area contributed by atoms with Gasteiger partial charge in [-0.25, -0.2) is 4.98 Å². The van der Waals surface area contributed by atoms with E-state index in [4.69, 9.17) is 4.98 Å². The molecule has 3 heterocycles. The Labute approximate surface area is 132 Å². The monoisotopic (exact) mass is 318 g/mol. The minimum absolute atomic E-state index is 0.658. The number of imidazole rings is 1. The van der Waals surface area contributed by atoms with Crippen LogP contribution in [0, 0.1) is 0 Å². The minimum atomic E-state index is 0.658. The van der Waals surface area contributed by atoms with E-state index in [0.717, 1.165) is 23.9 Å². The molecule has 0 amide bonds. The fourth-order valence-corrected chi connectivity index (χ4v) is 4.11. The van der Waals surface area contributed by atoms with Gasteiger partial charge in [-0.05, 0) is 42.3 Å². The number of nitrogens with zero attached hydrogens (tertiary/aromatic N) is 3. The van der Waals surface area contributed by atoms with E-state index in [0.29, 0.717) is 6.04 Å². The minimum Gasteiger partial charge on any atom is -0.348 e. The maximum Gasteiger partial charge on any atom is 0.195 e. The second-order valence-corrected chi connectivity index (χ2v) is 7.11. The maximum absolute atomic E-state index is 4.90. The summed E-state index contributed by atoms with van der Waals surface area (Å²) in [6.45, 7) is 1.82. The topological polar surface area (TPSA) is 32.6 Å². The Morgan fingerprint density at radius 1 is 1.43 bits per heavy atom. The lowest BCUT2D eigenvalue weighted by molar-refractivity contribution is 0.742. The molecule has 1 saturated carbocycles. The second-order valence-electron chi connectivity index (χ2n) is 5.46.